The van der Waals surface area contributed by atoms with Crippen LogP contribution >= 0.6 is 0 Å². The van der Waals surface area contributed by atoms with E-state index in [1.165, 1.54) is 43.3 Å². The number of fused-ring (bicyclic) bond motifs is 4. The van der Waals surface area contributed by atoms with Crippen LogP contribution in [0.2, 0.25) is 17.3 Å². The van der Waals surface area contributed by atoms with Gasteiger partial charge in [0.2, 0.25) is 0 Å². The Morgan fingerprint density at radius 1 is 0.629 bits per heavy atom. The molecule has 7 aromatic carbocycles. The van der Waals surface area contributed by atoms with E-state index >= 15 is 0 Å². The standard InChI is InChI=1S/C38H24NO.C19H26GeN.Ir/c1-3-12-25(13-4-1)27-22-23-28(26-14-5-2-6-15-26)33(24-27)36-31-17-7-9-20-34(31)39-37(36)32-19-11-18-30-29-16-8-10-21-35(29)40-38(30)32;1-19(2,3)13-16-12-18(15-10-8-7-9-11-15)21-14-17(16)20(4,5)6;/h1-18,20-24,36H;7-10,12,14H,13H2,1-6H3;/q2*-1;. The molecule has 1 unspecified atom stereocenters. The number of nitrogens with zero attached hydrogens (tertiary/aromatic N) is 2. The molecule has 1 aliphatic rings. The van der Waals surface area contributed by atoms with Crippen LogP contribution in [0.3, 0.4) is 0 Å². The average molecular weight is 1040 g/mol. The first-order chi connectivity index (χ1) is 29.5. The molecule has 62 heavy (non-hydrogen) atoms. The van der Waals surface area contributed by atoms with Gasteiger partial charge in [-0.25, -0.2) is 0 Å². The Labute approximate surface area is 382 Å². The molecule has 0 aliphatic carbocycles. The zero-order valence-corrected chi connectivity index (χ0v) is 40.7. The summed E-state index contributed by atoms with van der Waals surface area (Å²) in [7, 11) is 0. The van der Waals surface area contributed by atoms with Crippen molar-refractivity contribution in [2.75, 3.05) is 0 Å². The third-order valence-electron chi connectivity index (χ3n) is 11.4. The van der Waals surface area contributed by atoms with Gasteiger partial charge in [0.15, 0.2) is 0 Å². The van der Waals surface area contributed by atoms with Gasteiger partial charge in [0.05, 0.1) is 11.3 Å². The molecule has 0 N–H and O–H groups in total. The number of furan rings is 1. The van der Waals surface area contributed by atoms with Gasteiger partial charge in [0, 0.05) is 31.4 Å². The number of benzene rings is 7. The minimum absolute atomic E-state index is 0. The van der Waals surface area contributed by atoms with Gasteiger partial charge in [0.25, 0.3) is 0 Å². The molecule has 5 heteroatoms. The molecule has 2 aromatic heterocycles. The van der Waals surface area contributed by atoms with Crippen LogP contribution in [0.15, 0.2) is 185 Å². The first kappa shape index (κ1) is 43.0. The van der Waals surface area contributed by atoms with Gasteiger partial charge >= 0.3 is 132 Å². The van der Waals surface area contributed by atoms with E-state index in [1.54, 1.807) is 0 Å². The maximum absolute atomic E-state index is 6.47. The summed E-state index contributed by atoms with van der Waals surface area (Å²) in [5, 5.41) is 2.19. The number of hydrogen-bond donors (Lipinski definition) is 0. The molecular formula is C57H50GeIrN2O-2. The van der Waals surface area contributed by atoms with Crippen LogP contribution in [0.4, 0.5) is 5.69 Å². The molecule has 309 valence electrons. The van der Waals surface area contributed by atoms with Gasteiger partial charge < -0.3 is 4.42 Å². The first-order valence-corrected chi connectivity index (χ1v) is 28.6. The molecule has 3 nitrogen and oxygen atoms in total. The number of rotatable bonds is 7. The fourth-order valence-electron chi connectivity index (χ4n) is 8.65. The van der Waals surface area contributed by atoms with Crippen LogP contribution in [0.5, 0.6) is 0 Å². The average Bonchev–Trinajstić information content (AvgIpc) is 3.85. The number of aromatic nitrogens is 1. The zero-order valence-electron chi connectivity index (χ0n) is 36.2. The predicted molar refractivity (Wildman–Crippen MR) is 259 cm³/mol. The molecule has 10 rings (SSSR count). The summed E-state index contributed by atoms with van der Waals surface area (Å²) in [5.41, 5.74) is 15.7. The molecule has 0 saturated heterocycles. The van der Waals surface area contributed by atoms with E-state index in [-0.39, 0.29) is 26.0 Å². The van der Waals surface area contributed by atoms with Gasteiger partial charge in [-0.05, 0) is 51.2 Å². The number of aliphatic imine (C=N–C) groups is 1. The number of pyridine rings is 1. The van der Waals surface area contributed by atoms with Crippen LogP contribution in [0, 0.1) is 17.5 Å². The van der Waals surface area contributed by atoms with Crippen molar-refractivity contribution in [3.05, 3.63) is 210 Å². The Morgan fingerprint density at radius 3 is 2.05 bits per heavy atom. The minimum atomic E-state index is -1.90. The van der Waals surface area contributed by atoms with Crippen LogP contribution in [-0.2, 0) is 26.5 Å². The van der Waals surface area contributed by atoms with Crippen molar-refractivity contribution in [1.82, 2.24) is 4.98 Å². The summed E-state index contributed by atoms with van der Waals surface area (Å²) in [6, 6.07) is 66.0. The van der Waals surface area contributed by atoms with Gasteiger partial charge in [-0.15, -0.1) is 18.2 Å². The van der Waals surface area contributed by atoms with E-state index in [0.717, 1.165) is 56.6 Å². The molecule has 3 heterocycles. The molecule has 0 amide bonds. The molecule has 0 fully saturated rings. The Balaban J connectivity index is 0.000000205. The van der Waals surface area contributed by atoms with E-state index in [4.69, 9.17) is 14.4 Å². The van der Waals surface area contributed by atoms with Crippen molar-refractivity contribution in [2.24, 2.45) is 10.4 Å². The molecule has 0 spiro atoms. The SMILES string of the molecule is CC(C)(C)Cc1cc(-c2[c-]cccc2)nc[c]1[Ge]([CH3])([CH3])[CH3].[Ir].[c-]1ccc2c(oc3ccccc32)c1C1=Nc2ccccc2C1c1cc(-c2ccccc2)ccc1-c1ccccc1. The summed E-state index contributed by atoms with van der Waals surface area (Å²) in [5.74, 6) is 7.25. The Bertz CT molecular complexity index is 3010. The molecule has 1 radical (unpaired) electrons. The normalized spacial score (nSPS) is 13.5. The van der Waals surface area contributed by atoms with E-state index in [0.29, 0.717) is 5.41 Å². The molecule has 1 aliphatic heterocycles. The second-order valence-electron chi connectivity index (χ2n) is 18.2. The van der Waals surface area contributed by atoms with E-state index in [1.807, 2.05) is 36.4 Å². The Hall–Kier alpha value is -5.65. The third kappa shape index (κ3) is 8.97. The maximum atomic E-state index is 6.47. The maximum Gasteiger partial charge on any atom is 0.120 e. The number of para-hydroxylation sites is 2. The van der Waals surface area contributed by atoms with Crippen molar-refractivity contribution in [3.63, 3.8) is 0 Å². The third-order valence-corrected chi connectivity index (χ3v) is 15.7. The van der Waals surface area contributed by atoms with E-state index in [9.17, 15) is 0 Å². The van der Waals surface area contributed by atoms with Crippen LogP contribution in [0.1, 0.15) is 48.9 Å². The Kier molecular flexibility index (Phi) is 12.5. The Morgan fingerprint density at radius 2 is 1.32 bits per heavy atom. The smallest absolute Gasteiger partial charge is 0.120 e. The molecule has 9 aromatic rings. The quantitative estimate of drug-likeness (QED) is 0.118. The summed E-state index contributed by atoms with van der Waals surface area (Å²) >= 11 is -1.90. The van der Waals surface area contributed by atoms with Crippen molar-refractivity contribution >= 4 is 51.0 Å². The second kappa shape index (κ2) is 18.0. The van der Waals surface area contributed by atoms with E-state index in [2.05, 4.69) is 190 Å². The zero-order chi connectivity index (χ0) is 42.1. The van der Waals surface area contributed by atoms with Crippen molar-refractivity contribution < 1.29 is 24.5 Å². The van der Waals surface area contributed by atoms with Gasteiger partial charge in [-0.2, -0.15) is 0 Å². The summed E-state index contributed by atoms with van der Waals surface area (Å²) in [6.45, 7) is 6.92. The largest absolute Gasteiger partial charge is 0.501 e. The summed E-state index contributed by atoms with van der Waals surface area (Å²) in [6.07, 6.45) is 3.24. The van der Waals surface area contributed by atoms with Crippen LogP contribution < -0.4 is 4.40 Å². The molecule has 0 bridgehead atoms. The fraction of sp³-hybridized carbons (Fsp3) is 0.158. The first-order valence-electron chi connectivity index (χ1n) is 21.2. The molecule has 1 atom stereocenters. The molecular weight excluding hydrogens is 993 g/mol. The van der Waals surface area contributed by atoms with Crippen molar-refractivity contribution in [1.29, 1.82) is 0 Å². The van der Waals surface area contributed by atoms with Gasteiger partial charge in [0.1, 0.15) is 5.58 Å². The predicted octanol–water partition coefficient (Wildman–Crippen LogP) is 14.7. The second-order valence-corrected chi connectivity index (χ2v) is 28.8. The minimum Gasteiger partial charge on any atom is -0.501 e. The molecule has 0 saturated carbocycles. The number of hydrogen-bond acceptors (Lipinski definition) is 3. The summed E-state index contributed by atoms with van der Waals surface area (Å²) in [4.78, 5) is 9.98. The van der Waals surface area contributed by atoms with Crippen LogP contribution in [-0.4, -0.2) is 24.0 Å². The van der Waals surface area contributed by atoms with E-state index < -0.39 is 13.3 Å². The van der Waals surface area contributed by atoms with Crippen LogP contribution in [0.25, 0.3) is 55.4 Å². The fourth-order valence-corrected chi connectivity index (χ4v) is 12.0. The topological polar surface area (TPSA) is 38.4 Å². The van der Waals surface area contributed by atoms with Crippen molar-refractivity contribution in [3.8, 4) is 33.5 Å². The van der Waals surface area contributed by atoms with Gasteiger partial charge in [-0.1, -0.05) is 126 Å². The summed E-state index contributed by atoms with van der Waals surface area (Å²) < 4.78 is 8.01. The van der Waals surface area contributed by atoms with Crippen molar-refractivity contribution in [2.45, 2.75) is 50.4 Å². The monoisotopic (exact) mass is 1050 g/mol. The van der Waals surface area contributed by atoms with Gasteiger partial charge in [-0.3, -0.25) is 4.99 Å².